The molecule has 2 aromatic carbocycles. The van der Waals surface area contributed by atoms with E-state index in [1.54, 1.807) is 0 Å². The van der Waals surface area contributed by atoms with Gasteiger partial charge in [0, 0.05) is 24.7 Å². The topological polar surface area (TPSA) is 50.3 Å². The fourth-order valence-electron chi connectivity index (χ4n) is 3.85. The summed E-state index contributed by atoms with van der Waals surface area (Å²) in [5.41, 5.74) is 1.05. The number of piperidine rings is 1. The van der Waals surface area contributed by atoms with Gasteiger partial charge in [-0.25, -0.2) is 21.6 Å². The summed E-state index contributed by atoms with van der Waals surface area (Å²) in [7, 11) is -3.96. The molecule has 0 atom stereocenters. The molecule has 1 aromatic heterocycles. The number of hydrogen-bond donors (Lipinski definition) is 0. The first-order chi connectivity index (χ1) is 14.2. The van der Waals surface area contributed by atoms with Crippen LogP contribution in [0.3, 0.4) is 0 Å². The zero-order valence-corrected chi connectivity index (χ0v) is 17.2. The van der Waals surface area contributed by atoms with Crippen LogP contribution < -0.4 is 4.90 Å². The Kier molecular flexibility index (Phi) is 5.44. The second-order valence-corrected chi connectivity index (χ2v) is 9.77. The molecule has 4 nitrogen and oxygen atoms in total. The van der Waals surface area contributed by atoms with Crippen LogP contribution in [-0.4, -0.2) is 26.5 Å². The number of nitrogens with zero attached hydrogens (tertiary/aromatic N) is 2. The van der Waals surface area contributed by atoms with E-state index in [0.717, 1.165) is 25.0 Å². The maximum atomic E-state index is 14.0. The molecule has 1 saturated heterocycles. The Morgan fingerprint density at radius 1 is 1.03 bits per heavy atom. The Bertz CT molecular complexity index is 1210. The Balaban J connectivity index is 1.84. The van der Waals surface area contributed by atoms with E-state index in [1.807, 2.05) is 4.90 Å². The van der Waals surface area contributed by atoms with Crippen LogP contribution in [0.5, 0.6) is 0 Å². The second-order valence-electron chi connectivity index (χ2n) is 7.81. The normalized spacial score (nSPS) is 15.7. The van der Waals surface area contributed by atoms with Gasteiger partial charge in [0.15, 0.2) is 21.5 Å². The van der Waals surface area contributed by atoms with E-state index in [1.165, 1.54) is 30.5 Å². The van der Waals surface area contributed by atoms with Crippen LogP contribution in [0.2, 0.25) is 0 Å². The van der Waals surface area contributed by atoms with Crippen molar-refractivity contribution in [2.45, 2.75) is 30.4 Å². The van der Waals surface area contributed by atoms with Gasteiger partial charge < -0.3 is 4.90 Å². The monoisotopic (exact) mass is 434 g/mol. The van der Waals surface area contributed by atoms with Gasteiger partial charge in [0.05, 0.1) is 17.0 Å². The zero-order chi connectivity index (χ0) is 21.5. The zero-order valence-electron chi connectivity index (χ0n) is 16.4. The van der Waals surface area contributed by atoms with Crippen molar-refractivity contribution < 1.29 is 21.6 Å². The Morgan fingerprint density at radius 2 is 1.77 bits per heavy atom. The van der Waals surface area contributed by atoms with Crippen molar-refractivity contribution in [2.75, 3.05) is 18.0 Å². The van der Waals surface area contributed by atoms with Gasteiger partial charge in [-0.3, -0.25) is 4.98 Å². The molecule has 0 saturated carbocycles. The molecule has 0 unspecified atom stereocenters. The summed E-state index contributed by atoms with van der Waals surface area (Å²) in [5, 5.41) is 0.427. The van der Waals surface area contributed by atoms with Gasteiger partial charge in [0.2, 0.25) is 0 Å². The van der Waals surface area contributed by atoms with E-state index in [0.29, 0.717) is 35.6 Å². The van der Waals surface area contributed by atoms with Crippen LogP contribution >= 0.6 is 0 Å². The predicted octanol–water partition coefficient (Wildman–Crippen LogP) is 4.86. The standard InChI is InChI=1S/C22H21F3N2O2S/c1-14-6-8-27(9-7-14)22-17-11-16(23)3-5-20(17)26-12-21(22)30(28,29)13-15-2-4-18(24)19(25)10-15/h2-5,10-12,14H,6-9,13H2,1H3. The van der Waals surface area contributed by atoms with Crippen molar-refractivity contribution in [1.29, 1.82) is 0 Å². The lowest BCUT2D eigenvalue weighted by molar-refractivity contribution is 0.437. The summed E-state index contributed by atoms with van der Waals surface area (Å²) >= 11 is 0. The van der Waals surface area contributed by atoms with E-state index in [4.69, 9.17) is 0 Å². The number of hydrogen-bond acceptors (Lipinski definition) is 4. The van der Waals surface area contributed by atoms with Crippen molar-refractivity contribution in [3.8, 4) is 0 Å². The molecule has 158 valence electrons. The third-order valence-corrected chi connectivity index (χ3v) is 7.23. The number of pyridine rings is 1. The fraction of sp³-hybridized carbons (Fsp3) is 0.318. The average Bonchev–Trinajstić information content (AvgIpc) is 2.70. The van der Waals surface area contributed by atoms with Crippen molar-refractivity contribution in [3.05, 3.63) is 65.6 Å². The van der Waals surface area contributed by atoms with Crippen LogP contribution in [0.1, 0.15) is 25.3 Å². The van der Waals surface area contributed by atoms with E-state index in [9.17, 15) is 21.6 Å². The first-order valence-corrected chi connectivity index (χ1v) is 11.4. The lowest BCUT2D eigenvalue weighted by Gasteiger charge is -2.34. The minimum Gasteiger partial charge on any atom is -0.370 e. The molecule has 0 N–H and O–H groups in total. The van der Waals surface area contributed by atoms with Crippen LogP contribution in [0.15, 0.2) is 47.5 Å². The molecule has 2 heterocycles. The van der Waals surface area contributed by atoms with Crippen LogP contribution in [0.4, 0.5) is 18.9 Å². The highest BCUT2D eigenvalue weighted by molar-refractivity contribution is 7.90. The van der Waals surface area contributed by atoms with Crippen molar-refractivity contribution in [2.24, 2.45) is 5.92 Å². The van der Waals surface area contributed by atoms with Gasteiger partial charge in [-0.1, -0.05) is 13.0 Å². The molecule has 1 aliphatic heterocycles. The molecule has 0 spiro atoms. The second kappa shape index (κ2) is 7.91. The quantitative estimate of drug-likeness (QED) is 0.588. The van der Waals surface area contributed by atoms with Crippen molar-refractivity contribution in [1.82, 2.24) is 4.98 Å². The highest BCUT2D eigenvalue weighted by atomic mass is 32.2. The fourth-order valence-corrected chi connectivity index (χ4v) is 5.37. The summed E-state index contributed by atoms with van der Waals surface area (Å²) in [6.07, 6.45) is 3.06. The largest absolute Gasteiger partial charge is 0.370 e. The summed E-state index contributed by atoms with van der Waals surface area (Å²) < 4.78 is 67.4. The molecule has 1 fully saturated rings. The SMILES string of the molecule is CC1CCN(c2c(S(=O)(=O)Cc3ccc(F)c(F)c3)cnc3ccc(F)cc23)CC1. The number of aromatic nitrogens is 1. The van der Waals surface area contributed by atoms with E-state index in [2.05, 4.69) is 11.9 Å². The van der Waals surface area contributed by atoms with Gasteiger partial charge in [-0.2, -0.15) is 0 Å². The molecule has 8 heteroatoms. The highest BCUT2D eigenvalue weighted by Gasteiger charge is 2.28. The Morgan fingerprint density at radius 3 is 2.47 bits per heavy atom. The number of sulfone groups is 1. The van der Waals surface area contributed by atoms with Gasteiger partial charge in [-0.15, -0.1) is 0 Å². The molecule has 0 aliphatic carbocycles. The number of fused-ring (bicyclic) bond motifs is 1. The molecular formula is C22H21F3N2O2S. The maximum Gasteiger partial charge on any atom is 0.186 e. The predicted molar refractivity (Wildman–Crippen MR) is 110 cm³/mol. The van der Waals surface area contributed by atoms with Crippen LogP contribution in [0.25, 0.3) is 10.9 Å². The van der Waals surface area contributed by atoms with Crippen LogP contribution in [-0.2, 0) is 15.6 Å². The van der Waals surface area contributed by atoms with Crippen LogP contribution in [0, 0.1) is 23.4 Å². The molecule has 30 heavy (non-hydrogen) atoms. The summed E-state index contributed by atoms with van der Waals surface area (Å²) in [5.74, 6) is -2.61. The molecule has 0 radical (unpaired) electrons. The van der Waals surface area contributed by atoms with E-state index >= 15 is 0 Å². The number of anilines is 1. The Labute approximate surface area is 173 Å². The third kappa shape index (κ3) is 4.01. The minimum absolute atomic E-state index is 0.0279. The number of halogens is 3. The minimum atomic E-state index is -3.96. The summed E-state index contributed by atoms with van der Waals surface area (Å²) in [6, 6.07) is 7.13. The smallest absolute Gasteiger partial charge is 0.186 e. The molecule has 1 aliphatic rings. The lowest BCUT2D eigenvalue weighted by Crippen LogP contribution is -2.34. The average molecular weight is 434 g/mol. The van der Waals surface area contributed by atoms with Crippen molar-refractivity contribution >= 4 is 26.4 Å². The molecular weight excluding hydrogens is 413 g/mol. The number of rotatable bonds is 4. The van der Waals surface area contributed by atoms with E-state index in [-0.39, 0.29) is 10.5 Å². The molecule has 0 amide bonds. The van der Waals surface area contributed by atoms with Gasteiger partial charge in [-0.05, 0) is 54.7 Å². The summed E-state index contributed by atoms with van der Waals surface area (Å²) in [6.45, 7) is 3.43. The molecule has 0 bridgehead atoms. The highest BCUT2D eigenvalue weighted by Crippen LogP contribution is 2.36. The first-order valence-electron chi connectivity index (χ1n) is 9.74. The van der Waals surface area contributed by atoms with Gasteiger partial charge in [0.25, 0.3) is 0 Å². The maximum absolute atomic E-state index is 14.0. The van der Waals surface area contributed by atoms with Gasteiger partial charge in [0.1, 0.15) is 10.7 Å². The molecule has 4 rings (SSSR count). The Hall–Kier alpha value is -2.61. The van der Waals surface area contributed by atoms with Crippen molar-refractivity contribution in [3.63, 3.8) is 0 Å². The third-order valence-electron chi connectivity index (χ3n) is 5.54. The lowest BCUT2D eigenvalue weighted by atomic mass is 9.98. The molecule has 3 aromatic rings. The first kappa shape index (κ1) is 20.7. The summed E-state index contributed by atoms with van der Waals surface area (Å²) in [4.78, 5) is 6.16. The number of benzene rings is 2. The van der Waals surface area contributed by atoms with E-state index < -0.39 is 33.0 Å². The van der Waals surface area contributed by atoms with Gasteiger partial charge >= 0.3 is 0 Å².